The molecule has 1 aromatic carbocycles. The monoisotopic (exact) mass is 481 g/mol. The van der Waals surface area contributed by atoms with Crippen molar-refractivity contribution in [2.45, 2.75) is 25.5 Å². The maximum absolute atomic E-state index is 13.9. The number of aliphatic hydroxyl groups is 2. The summed E-state index contributed by atoms with van der Waals surface area (Å²) >= 11 is 0. The number of phenols is 1. The van der Waals surface area contributed by atoms with Gasteiger partial charge in [0.1, 0.15) is 0 Å². The van der Waals surface area contributed by atoms with E-state index in [0.29, 0.717) is 24.0 Å². The molecule has 10 heteroatoms. The van der Waals surface area contributed by atoms with Gasteiger partial charge >= 0.3 is 205 Å². The molecule has 0 saturated heterocycles. The van der Waals surface area contributed by atoms with Crippen molar-refractivity contribution in [2.75, 3.05) is 40.2 Å². The number of likely N-dealkylation sites (N-methyl/N-ethyl adjacent to an activating group) is 1. The molecule has 4 atom stereocenters. The first-order chi connectivity index (χ1) is 16.4. The molecule has 0 heterocycles. The molecule has 0 aliphatic heterocycles. The quantitative estimate of drug-likeness (QED) is 0.452. The van der Waals surface area contributed by atoms with Gasteiger partial charge in [0.25, 0.3) is 0 Å². The van der Waals surface area contributed by atoms with Crippen molar-refractivity contribution in [1.82, 2.24) is 4.90 Å². The summed E-state index contributed by atoms with van der Waals surface area (Å²) in [5, 5.41) is 33.5. The first-order valence-corrected chi connectivity index (χ1v) is 11.5. The van der Waals surface area contributed by atoms with Crippen LogP contribution in [0.4, 0.5) is 5.69 Å². The number of methoxy groups -OCH3 is 1. The van der Waals surface area contributed by atoms with E-state index in [0.717, 1.165) is 5.69 Å². The molecule has 0 fully saturated rings. The van der Waals surface area contributed by atoms with Crippen molar-refractivity contribution >= 4 is 30.3 Å². The first kappa shape index (κ1) is 25.0. The molecule has 9 nitrogen and oxygen atoms in total. The molecular weight excluding hydrogens is 449 g/mol. The van der Waals surface area contributed by atoms with Gasteiger partial charge in [-0.25, -0.2) is 0 Å². The van der Waals surface area contributed by atoms with Crippen LogP contribution in [0.3, 0.4) is 0 Å². The SMILES string of the molecule is B=C1C(C(N)=O)=C(O)[C@@H](N(C)C)C2CC3Cc4c(N(C)C)cc(COC)c(O)c4C(=O)C3=C(O)C12. The van der Waals surface area contributed by atoms with Crippen molar-refractivity contribution in [3.63, 3.8) is 0 Å². The van der Waals surface area contributed by atoms with Gasteiger partial charge < -0.3 is 0 Å². The molecule has 35 heavy (non-hydrogen) atoms. The van der Waals surface area contributed by atoms with Gasteiger partial charge in [0.05, 0.1) is 0 Å². The van der Waals surface area contributed by atoms with Crippen LogP contribution in [-0.2, 0) is 22.6 Å². The molecule has 5 N–H and O–H groups in total. The summed E-state index contributed by atoms with van der Waals surface area (Å²) in [6, 6.07) is 1.24. The number of primary amides is 1. The van der Waals surface area contributed by atoms with Crippen LogP contribution in [0.15, 0.2) is 28.7 Å². The number of aliphatic hydroxyl groups excluding tert-OH is 2. The van der Waals surface area contributed by atoms with E-state index in [1.54, 1.807) is 19.0 Å². The zero-order valence-corrected chi connectivity index (χ0v) is 20.8. The van der Waals surface area contributed by atoms with Crippen molar-refractivity contribution in [2.24, 2.45) is 23.5 Å². The first-order valence-electron chi connectivity index (χ1n) is 11.5. The van der Waals surface area contributed by atoms with Gasteiger partial charge in [-0.15, -0.1) is 0 Å². The van der Waals surface area contributed by atoms with Gasteiger partial charge in [-0.1, -0.05) is 0 Å². The standard InChI is InChI=1S/C25H32BN3O6/c1-28(2)14-8-11(9-35-5)21(30)17-12(14)6-10-7-13-16(22(31)15(10)23(17)32)19(26)18(25(27)34)24(33)20(13)29(3)4/h8,10,13,16,20,26,30-31,33H,6-7,9H2,1-5H3,(H2,27,34)/t10?,13?,16?,20-/m0/s1. The summed E-state index contributed by atoms with van der Waals surface area (Å²) in [6.45, 7) is 0.125. The van der Waals surface area contributed by atoms with Gasteiger partial charge in [0.15, 0.2) is 0 Å². The number of nitrogens with zero attached hydrogens (tertiary/aromatic N) is 2. The number of anilines is 1. The summed E-state index contributed by atoms with van der Waals surface area (Å²) < 4.78 is 5.22. The number of hydrogen-bond donors (Lipinski definition) is 4. The zero-order chi connectivity index (χ0) is 25.9. The predicted molar refractivity (Wildman–Crippen MR) is 134 cm³/mol. The van der Waals surface area contributed by atoms with Crippen LogP contribution in [0.25, 0.3) is 0 Å². The van der Waals surface area contributed by atoms with E-state index in [4.69, 9.17) is 10.5 Å². The number of ether oxygens (including phenoxy) is 1. The van der Waals surface area contributed by atoms with Crippen LogP contribution in [0.5, 0.6) is 5.75 Å². The summed E-state index contributed by atoms with van der Waals surface area (Å²) in [5.74, 6) is -3.18. The number of amides is 1. The number of Topliss-reactive ketones (excluding diaryl/α,β-unsaturated/α-hetero) is 1. The molecule has 0 saturated carbocycles. The fraction of sp³-hybridized carbons (Fsp3) is 0.480. The number of phenolic OH excluding ortho intramolecular Hbond substituents is 1. The number of nitrogens with two attached hydrogens (primary N) is 1. The topological polar surface area (TPSA) is 137 Å². The molecule has 0 radical (unpaired) electrons. The second-order valence-corrected chi connectivity index (χ2v) is 10.0. The number of rotatable bonds is 5. The molecule has 3 aliphatic carbocycles. The molecule has 186 valence electrons. The Balaban J connectivity index is 1.93. The Morgan fingerprint density at radius 3 is 2.40 bits per heavy atom. The summed E-state index contributed by atoms with van der Waals surface area (Å²) in [4.78, 5) is 29.7. The van der Waals surface area contributed by atoms with E-state index in [-0.39, 0.29) is 57.9 Å². The Kier molecular flexibility index (Phi) is 6.31. The average molecular weight is 481 g/mol. The second-order valence-electron chi connectivity index (χ2n) is 10.0. The molecular formula is C25H32BN3O6. The number of aromatic hydroxyl groups is 1. The van der Waals surface area contributed by atoms with Crippen molar-refractivity contribution < 1.29 is 29.6 Å². The molecule has 3 unspecified atom stereocenters. The Morgan fingerprint density at radius 2 is 1.86 bits per heavy atom. The van der Waals surface area contributed by atoms with Gasteiger partial charge in [0, 0.05) is 0 Å². The Labute approximate surface area is 205 Å². The predicted octanol–water partition coefficient (Wildman–Crippen LogP) is 0.722. The minimum atomic E-state index is -0.837. The van der Waals surface area contributed by atoms with Crippen molar-refractivity contribution in [1.29, 1.82) is 0 Å². The number of hydrogen-bond acceptors (Lipinski definition) is 8. The van der Waals surface area contributed by atoms with Crippen molar-refractivity contribution in [3.05, 3.63) is 45.4 Å². The number of benzene rings is 1. The molecule has 0 bridgehead atoms. The number of allylic oxidation sites excluding steroid dienone is 2. The number of carbonyl (C=O) groups is 2. The Hall–Kier alpha value is -3.11. The normalized spacial score (nSPS) is 26.0. The van der Waals surface area contributed by atoms with E-state index in [1.165, 1.54) is 7.11 Å². The zero-order valence-electron chi connectivity index (χ0n) is 20.8. The van der Waals surface area contributed by atoms with Crippen molar-refractivity contribution in [3.8, 4) is 5.75 Å². The second kappa shape index (κ2) is 8.84. The fourth-order valence-electron chi connectivity index (χ4n) is 6.22. The number of ketones is 1. The van der Waals surface area contributed by atoms with Gasteiger partial charge in [-0.3, -0.25) is 0 Å². The third kappa shape index (κ3) is 3.66. The third-order valence-corrected chi connectivity index (χ3v) is 7.57. The van der Waals surface area contributed by atoms with Crippen LogP contribution in [0.2, 0.25) is 0 Å². The van der Waals surface area contributed by atoms with Crippen LogP contribution in [0, 0.1) is 17.8 Å². The summed E-state index contributed by atoms with van der Waals surface area (Å²) in [7, 11) is 12.8. The maximum atomic E-state index is 13.9. The molecule has 0 aromatic heterocycles. The third-order valence-electron chi connectivity index (χ3n) is 7.57. The molecule has 1 amide bonds. The average Bonchev–Trinajstić information content (AvgIpc) is 2.74. The van der Waals surface area contributed by atoms with E-state index >= 15 is 0 Å². The van der Waals surface area contributed by atoms with Crippen LogP contribution < -0.4 is 10.6 Å². The van der Waals surface area contributed by atoms with E-state index in [9.17, 15) is 24.9 Å². The molecule has 4 rings (SSSR count). The number of carbonyl (C=O) groups excluding carboxylic acids is 2. The minimum absolute atomic E-state index is 0.112. The summed E-state index contributed by atoms with van der Waals surface area (Å²) in [5.41, 5.74) is 8.03. The van der Waals surface area contributed by atoms with E-state index in [1.807, 2.05) is 25.1 Å². The van der Waals surface area contributed by atoms with Gasteiger partial charge in [-0.2, -0.15) is 0 Å². The molecule has 1 aromatic rings. The van der Waals surface area contributed by atoms with Gasteiger partial charge in [-0.05, 0) is 0 Å². The number of fused-ring (bicyclic) bond motifs is 3. The fourth-order valence-corrected chi connectivity index (χ4v) is 6.22. The van der Waals surface area contributed by atoms with Gasteiger partial charge in [0.2, 0.25) is 0 Å². The van der Waals surface area contributed by atoms with E-state index < -0.39 is 23.7 Å². The van der Waals surface area contributed by atoms with E-state index in [2.05, 4.69) is 7.49 Å². The molecule has 3 aliphatic rings. The summed E-state index contributed by atoms with van der Waals surface area (Å²) in [6.07, 6.45) is 0.901. The molecule has 0 spiro atoms. The van der Waals surface area contributed by atoms with Crippen LogP contribution in [0.1, 0.15) is 27.9 Å². The van der Waals surface area contributed by atoms with Crippen LogP contribution >= 0.6 is 0 Å². The Morgan fingerprint density at radius 1 is 1.20 bits per heavy atom. The Bertz CT molecular complexity index is 1200. The van der Waals surface area contributed by atoms with Crippen LogP contribution in [-0.4, -0.2) is 86.2 Å².